The average Bonchev–Trinajstić information content (AvgIpc) is 2.68. The second-order valence-corrected chi connectivity index (χ2v) is 8.64. The number of halogens is 3. The number of nitrogens with one attached hydrogen (secondary N) is 2. The highest BCUT2D eigenvalue weighted by atomic mass is 79.9. The number of rotatable bonds is 5. The van der Waals surface area contributed by atoms with Crippen LogP contribution in [0.4, 0.5) is 13.6 Å². The Labute approximate surface area is 185 Å². The SMILES string of the molecule is CC(C)(C)OC(=O)NCCOc1c(-c2ccc(Br)cc2)[nH]c(=O)c2c(F)c(F)ccc12. The lowest BCUT2D eigenvalue weighted by atomic mass is 10.0. The fourth-order valence-electron chi connectivity index (χ4n) is 2.92. The van der Waals surface area contributed by atoms with Crippen molar-refractivity contribution in [2.75, 3.05) is 13.2 Å². The van der Waals surface area contributed by atoms with Crippen molar-refractivity contribution in [3.05, 3.63) is 62.9 Å². The van der Waals surface area contributed by atoms with Gasteiger partial charge in [0.05, 0.1) is 17.6 Å². The van der Waals surface area contributed by atoms with Crippen LogP contribution in [0.3, 0.4) is 0 Å². The molecule has 2 aromatic carbocycles. The zero-order valence-electron chi connectivity index (χ0n) is 17.1. The number of alkyl carbamates (subject to hydrolysis) is 1. The number of benzene rings is 2. The zero-order valence-corrected chi connectivity index (χ0v) is 18.7. The third kappa shape index (κ3) is 5.41. The molecular weight excluding hydrogens is 474 g/mol. The summed E-state index contributed by atoms with van der Waals surface area (Å²) >= 11 is 3.35. The Hall–Kier alpha value is -2.94. The summed E-state index contributed by atoms with van der Waals surface area (Å²) in [6.07, 6.45) is -0.608. The van der Waals surface area contributed by atoms with E-state index in [4.69, 9.17) is 9.47 Å². The minimum Gasteiger partial charge on any atom is -0.489 e. The van der Waals surface area contributed by atoms with Crippen LogP contribution in [0.25, 0.3) is 22.0 Å². The first-order valence-electron chi connectivity index (χ1n) is 9.46. The summed E-state index contributed by atoms with van der Waals surface area (Å²) < 4.78 is 39.9. The van der Waals surface area contributed by atoms with E-state index in [2.05, 4.69) is 26.2 Å². The smallest absolute Gasteiger partial charge is 0.407 e. The van der Waals surface area contributed by atoms with Gasteiger partial charge in [-0.15, -0.1) is 0 Å². The number of H-pyrrole nitrogens is 1. The molecule has 0 bridgehead atoms. The molecule has 1 aromatic heterocycles. The van der Waals surface area contributed by atoms with Crippen LogP contribution in [-0.2, 0) is 4.74 Å². The van der Waals surface area contributed by atoms with E-state index in [9.17, 15) is 18.4 Å². The van der Waals surface area contributed by atoms with Gasteiger partial charge in [-0.05, 0) is 45.0 Å². The van der Waals surface area contributed by atoms with E-state index in [-0.39, 0.29) is 24.3 Å². The van der Waals surface area contributed by atoms with Gasteiger partial charge in [-0.25, -0.2) is 13.6 Å². The van der Waals surface area contributed by atoms with Gasteiger partial charge < -0.3 is 19.8 Å². The number of hydrogen-bond acceptors (Lipinski definition) is 4. The van der Waals surface area contributed by atoms with Gasteiger partial charge in [0.1, 0.15) is 12.2 Å². The van der Waals surface area contributed by atoms with E-state index in [0.29, 0.717) is 11.3 Å². The first kappa shape index (κ1) is 22.7. The molecule has 2 N–H and O–H groups in total. The molecule has 0 saturated heterocycles. The van der Waals surface area contributed by atoms with Crippen molar-refractivity contribution in [2.24, 2.45) is 0 Å². The lowest BCUT2D eigenvalue weighted by Crippen LogP contribution is -2.34. The molecule has 0 aliphatic carbocycles. The molecule has 0 aliphatic heterocycles. The number of fused-ring (bicyclic) bond motifs is 1. The Bertz CT molecular complexity index is 1170. The van der Waals surface area contributed by atoms with Gasteiger partial charge in [0, 0.05) is 15.4 Å². The fourth-order valence-corrected chi connectivity index (χ4v) is 3.18. The molecule has 1 heterocycles. The zero-order chi connectivity index (χ0) is 22.8. The Morgan fingerprint density at radius 3 is 2.45 bits per heavy atom. The maximum absolute atomic E-state index is 14.3. The molecule has 164 valence electrons. The highest BCUT2D eigenvalue weighted by Crippen LogP contribution is 2.35. The third-order valence-corrected chi connectivity index (χ3v) is 4.71. The maximum atomic E-state index is 14.3. The number of aromatic nitrogens is 1. The molecule has 1 amide bonds. The van der Waals surface area contributed by atoms with E-state index in [1.807, 2.05) is 0 Å². The standard InChI is InChI=1S/C22H21BrF2N2O4/c1-22(2,3)31-21(29)26-10-11-30-19-14-8-9-15(24)17(25)16(14)20(28)27-18(19)12-4-6-13(23)7-5-12/h4-9H,10-11H2,1-3H3,(H,26,29)(H,27,28). The van der Waals surface area contributed by atoms with Crippen molar-refractivity contribution >= 4 is 32.8 Å². The van der Waals surface area contributed by atoms with Crippen molar-refractivity contribution in [3.8, 4) is 17.0 Å². The average molecular weight is 495 g/mol. The number of pyridine rings is 1. The molecule has 0 saturated carbocycles. The van der Waals surface area contributed by atoms with Crippen molar-refractivity contribution in [2.45, 2.75) is 26.4 Å². The quantitative estimate of drug-likeness (QED) is 0.481. The lowest BCUT2D eigenvalue weighted by molar-refractivity contribution is 0.0520. The van der Waals surface area contributed by atoms with Crippen LogP contribution >= 0.6 is 15.9 Å². The van der Waals surface area contributed by atoms with Gasteiger partial charge >= 0.3 is 6.09 Å². The number of hydrogen-bond donors (Lipinski definition) is 2. The molecule has 0 atom stereocenters. The molecule has 3 rings (SSSR count). The van der Waals surface area contributed by atoms with E-state index in [1.54, 1.807) is 45.0 Å². The lowest BCUT2D eigenvalue weighted by Gasteiger charge is -2.20. The molecule has 0 aliphatic rings. The molecule has 0 fully saturated rings. The van der Waals surface area contributed by atoms with Gasteiger partial charge in [0.2, 0.25) is 0 Å². The van der Waals surface area contributed by atoms with Crippen LogP contribution < -0.4 is 15.6 Å². The first-order chi connectivity index (χ1) is 14.6. The van der Waals surface area contributed by atoms with Crippen LogP contribution in [0.15, 0.2) is 45.7 Å². The summed E-state index contributed by atoms with van der Waals surface area (Å²) in [6.45, 7) is 5.33. The Morgan fingerprint density at radius 1 is 1.13 bits per heavy atom. The van der Waals surface area contributed by atoms with Gasteiger partial charge in [0.15, 0.2) is 17.4 Å². The largest absolute Gasteiger partial charge is 0.489 e. The van der Waals surface area contributed by atoms with Gasteiger partial charge in [-0.2, -0.15) is 0 Å². The van der Waals surface area contributed by atoms with Crippen molar-refractivity contribution in [1.82, 2.24) is 10.3 Å². The Morgan fingerprint density at radius 2 is 1.81 bits per heavy atom. The summed E-state index contributed by atoms with van der Waals surface area (Å²) in [5.74, 6) is -2.22. The highest BCUT2D eigenvalue weighted by Gasteiger charge is 2.20. The minimum absolute atomic E-state index is 0.00289. The van der Waals surface area contributed by atoms with E-state index in [1.165, 1.54) is 6.07 Å². The molecule has 0 spiro atoms. The van der Waals surface area contributed by atoms with Crippen molar-refractivity contribution in [1.29, 1.82) is 0 Å². The molecule has 0 radical (unpaired) electrons. The van der Waals surface area contributed by atoms with E-state index < -0.39 is 34.3 Å². The van der Waals surface area contributed by atoms with Crippen molar-refractivity contribution in [3.63, 3.8) is 0 Å². The monoisotopic (exact) mass is 494 g/mol. The highest BCUT2D eigenvalue weighted by molar-refractivity contribution is 9.10. The summed E-state index contributed by atoms with van der Waals surface area (Å²) in [5.41, 5.74) is -0.490. The molecule has 9 heteroatoms. The first-order valence-corrected chi connectivity index (χ1v) is 10.3. The summed E-state index contributed by atoms with van der Waals surface area (Å²) in [7, 11) is 0. The number of carbonyl (C=O) groups is 1. The predicted octanol–water partition coefficient (Wildman–Crippen LogP) is 5.14. The second-order valence-electron chi connectivity index (χ2n) is 7.73. The van der Waals surface area contributed by atoms with Gasteiger partial charge in [-0.1, -0.05) is 28.1 Å². The summed E-state index contributed by atoms with van der Waals surface area (Å²) in [5, 5.41) is 2.25. The number of aromatic amines is 1. The number of amides is 1. The number of carbonyl (C=O) groups excluding carboxylic acids is 1. The minimum atomic E-state index is -1.25. The van der Waals surface area contributed by atoms with E-state index >= 15 is 0 Å². The Kier molecular flexibility index (Phi) is 6.64. The van der Waals surface area contributed by atoms with Crippen molar-refractivity contribution < 1.29 is 23.0 Å². The molecule has 3 aromatic rings. The van der Waals surface area contributed by atoms with Gasteiger partial charge in [0.25, 0.3) is 5.56 Å². The van der Waals surface area contributed by atoms with Crippen LogP contribution in [0.1, 0.15) is 20.8 Å². The molecular formula is C22H21BrF2N2O4. The normalized spacial score (nSPS) is 11.4. The molecule has 0 unspecified atom stereocenters. The van der Waals surface area contributed by atoms with Crippen LogP contribution in [0.5, 0.6) is 5.75 Å². The van der Waals surface area contributed by atoms with E-state index in [0.717, 1.165) is 10.5 Å². The Balaban J connectivity index is 1.95. The van der Waals surface area contributed by atoms with Crippen LogP contribution in [0.2, 0.25) is 0 Å². The number of ether oxygens (including phenoxy) is 2. The molecule has 6 nitrogen and oxygen atoms in total. The van der Waals surface area contributed by atoms with Crippen LogP contribution in [-0.4, -0.2) is 29.8 Å². The van der Waals surface area contributed by atoms with Gasteiger partial charge in [-0.3, -0.25) is 4.79 Å². The maximum Gasteiger partial charge on any atom is 0.407 e. The summed E-state index contributed by atoms with van der Waals surface area (Å²) in [6, 6.07) is 9.27. The fraction of sp³-hybridized carbons (Fsp3) is 0.273. The van der Waals surface area contributed by atoms with Crippen LogP contribution in [0, 0.1) is 11.6 Å². The second kappa shape index (κ2) is 9.05. The summed E-state index contributed by atoms with van der Waals surface area (Å²) in [4.78, 5) is 26.9. The molecule has 31 heavy (non-hydrogen) atoms. The topological polar surface area (TPSA) is 80.4 Å². The predicted molar refractivity (Wildman–Crippen MR) is 117 cm³/mol. The third-order valence-electron chi connectivity index (χ3n) is 4.18.